The summed E-state index contributed by atoms with van der Waals surface area (Å²) in [4.78, 5) is 16.1. The highest BCUT2D eigenvalue weighted by molar-refractivity contribution is 7.80. The molecule has 0 saturated heterocycles. The largest absolute Gasteiger partial charge is 0.497 e. The van der Waals surface area contributed by atoms with Crippen molar-refractivity contribution in [3.63, 3.8) is 0 Å². The van der Waals surface area contributed by atoms with Crippen LogP contribution in [0.1, 0.15) is 10.5 Å². The fourth-order valence-corrected chi connectivity index (χ4v) is 3.10. The smallest absolute Gasteiger partial charge is 0.278 e. The van der Waals surface area contributed by atoms with E-state index in [2.05, 4.69) is 30.5 Å². The van der Waals surface area contributed by atoms with Crippen LogP contribution in [-0.4, -0.2) is 39.8 Å². The third-order valence-corrected chi connectivity index (χ3v) is 4.67. The molecule has 2 aromatic heterocycles. The number of aromatic nitrogens is 3. The molecule has 3 rings (SSSR count). The lowest BCUT2D eigenvalue weighted by molar-refractivity contribution is 0.102. The summed E-state index contributed by atoms with van der Waals surface area (Å²) in [7, 11) is 3.05. The SMILES string of the molecule is COc1cc(NC(=S)Nc2ccc(NC(=O)c3csnn3)nc2)c(Cl)c(OC)c1. The number of nitrogens with one attached hydrogen (secondary N) is 3. The first-order chi connectivity index (χ1) is 14.0. The molecule has 0 unspecified atom stereocenters. The summed E-state index contributed by atoms with van der Waals surface area (Å²) in [5.41, 5.74) is 1.37. The van der Waals surface area contributed by atoms with Crippen molar-refractivity contribution in [3.8, 4) is 11.5 Å². The van der Waals surface area contributed by atoms with E-state index in [9.17, 15) is 4.79 Å². The van der Waals surface area contributed by atoms with Gasteiger partial charge in [0.05, 0.1) is 31.8 Å². The molecule has 9 nitrogen and oxygen atoms in total. The van der Waals surface area contributed by atoms with Crippen molar-refractivity contribution in [1.82, 2.24) is 14.6 Å². The Morgan fingerprint density at radius 1 is 1.17 bits per heavy atom. The molecule has 3 aromatic rings. The van der Waals surface area contributed by atoms with Crippen LogP contribution in [0, 0.1) is 0 Å². The van der Waals surface area contributed by atoms with Gasteiger partial charge in [-0.15, -0.1) is 5.10 Å². The number of carbonyl (C=O) groups excluding carboxylic acids is 1. The Morgan fingerprint density at radius 2 is 2.00 bits per heavy atom. The summed E-state index contributed by atoms with van der Waals surface area (Å²) < 4.78 is 14.1. The first kappa shape index (κ1) is 20.7. The van der Waals surface area contributed by atoms with Gasteiger partial charge in [-0.2, -0.15) is 0 Å². The molecule has 0 fully saturated rings. The highest BCUT2D eigenvalue weighted by atomic mass is 35.5. The molecule has 1 aromatic carbocycles. The van der Waals surface area contributed by atoms with Crippen LogP contribution < -0.4 is 25.4 Å². The molecule has 1 amide bonds. The Labute approximate surface area is 180 Å². The predicted octanol–water partition coefficient (Wildman–Crippen LogP) is 3.66. The molecule has 0 aliphatic carbocycles. The van der Waals surface area contributed by atoms with E-state index in [4.69, 9.17) is 33.3 Å². The average Bonchev–Trinajstić information content (AvgIpc) is 3.26. The van der Waals surface area contributed by atoms with E-state index in [1.54, 1.807) is 36.8 Å². The van der Waals surface area contributed by atoms with Crippen LogP contribution in [0.15, 0.2) is 35.8 Å². The third kappa shape index (κ3) is 5.28. The number of ether oxygens (including phenoxy) is 2. The number of thiocarbonyl (C=S) groups is 1. The van der Waals surface area contributed by atoms with Crippen molar-refractivity contribution >= 4 is 63.6 Å². The fraction of sp³-hybridized carbons (Fsp3) is 0.118. The van der Waals surface area contributed by atoms with E-state index < -0.39 is 0 Å². The number of anilines is 3. The zero-order valence-electron chi connectivity index (χ0n) is 15.2. The third-order valence-electron chi connectivity index (χ3n) is 3.57. The first-order valence-electron chi connectivity index (χ1n) is 8.04. The summed E-state index contributed by atoms with van der Waals surface area (Å²) in [6.45, 7) is 0. The maximum atomic E-state index is 12.0. The van der Waals surface area contributed by atoms with Crippen molar-refractivity contribution in [2.24, 2.45) is 0 Å². The van der Waals surface area contributed by atoms with E-state index in [-0.39, 0.29) is 16.7 Å². The van der Waals surface area contributed by atoms with Crippen molar-refractivity contribution < 1.29 is 14.3 Å². The average molecular weight is 451 g/mol. The van der Waals surface area contributed by atoms with Crippen LogP contribution in [-0.2, 0) is 0 Å². The van der Waals surface area contributed by atoms with Gasteiger partial charge in [-0.1, -0.05) is 16.1 Å². The van der Waals surface area contributed by atoms with Crippen LogP contribution in [0.25, 0.3) is 0 Å². The van der Waals surface area contributed by atoms with Crippen molar-refractivity contribution in [3.05, 3.63) is 46.6 Å². The van der Waals surface area contributed by atoms with E-state index in [1.807, 2.05) is 0 Å². The Morgan fingerprint density at radius 3 is 2.62 bits per heavy atom. The molecule has 0 aliphatic heterocycles. The quantitative estimate of drug-likeness (QED) is 0.484. The fourth-order valence-electron chi connectivity index (χ4n) is 2.20. The number of hydrogen-bond donors (Lipinski definition) is 3. The van der Waals surface area contributed by atoms with Gasteiger partial charge in [0.2, 0.25) is 0 Å². The lowest BCUT2D eigenvalue weighted by Crippen LogP contribution is -2.19. The maximum absolute atomic E-state index is 12.0. The summed E-state index contributed by atoms with van der Waals surface area (Å²) in [5, 5.41) is 14.5. The summed E-state index contributed by atoms with van der Waals surface area (Å²) in [6.07, 6.45) is 1.52. The number of pyridine rings is 1. The minimum absolute atomic E-state index is 0.231. The minimum atomic E-state index is -0.384. The van der Waals surface area contributed by atoms with Crippen LogP contribution in [0.5, 0.6) is 11.5 Å². The van der Waals surface area contributed by atoms with E-state index >= 15 is 0 Å². The van der Waals surface area contributed by atoms with Crippen LogP contribution in [0.2, 0.25) is 5.02 Å². The van der Waals surface area contributed by atoms with Gasteiger partial charge in [-0.05, 0) is 35.9 Å². The Balaban J connectivity index is 1.63. The second kappa shape index (κ2) is 9.45. The summed E-state index contributed by atoms with van der Waals surface area (Å²) in [6, 6.07) is 6.71. The van der Waals surface area contributed by atoms with Gasteiger partial charge in [0.25, 0.3) is 5.91 Å². The monoisotopic (exact) mass is 450 g/mol. The lowest BCUT2D eigenvalue weighted by Gasteiger charge is -2.15. The second-order valence-electron chi connectivity index (χ2n) is 5.45. The molecular weight excluding hydrogens is 436 g/mol. The van der Waals surface area contributed by atoms with Gasteiger partial charge in [0.15, 0.2) is 10.8 Å². The van der Waals surface area contributed by atoms with Gasteiger partial charge < -0.3 is 25.4 Å². The number of carbonyl (C=O) groups is 1. The van der Waals surface area contributed by atoms with Crippen LogP contribution in [0.4, 0.5) is 17.2 Å². The number of halogens is 1. The standard InChI is InChI=1S/C17H15ClN6O3S2/c1-26-10-5-11(15(18)13(6-10)27-2)21-17(28)20-9-3-4-14(19-7-9)22-16(25)12-8-29-24-23-12/h3-8H,1-2H3,(H,19,22,25)(H2,20,21,28). The number of rotatable bonds is 6. The molecule has 150 valence electrons. The minimum Gasteiger partial charge on any atom is -0.497 e. The van der Waals surface area contributed by atoms with Gasteiger partial charge in [0.1, 0.15) is 22.3 Å². The molecule has 0 aliphatic rings. The van der Waals surface area contributed by atoms with Crippen molar-refractivity contribution in [1.29, 1.82) is 0 Å². The van der Waals surface area contributed by atoms with Gasteiger partial charge in [-0.25, -0.2) is 4.98 Å². The molecular formula is C17H15ClN6O3S2. The van der Waals surface area contributed by atoms with Crippen LogP contribution >= 0.6 is 35.4 Å². The zero-order chi connectivity index (χ0) is 20.8. The Bertz CT molecular complexity index is 1010. The van der Waals surface area contributed by atoms with E-state index in [0.717, 1.165) is 11.5 Å². The van der Waals surface area contributed by atoms with E-state index in [1.165, 1.54) is 13.3 Å². The molecule has 0 atom stereocenters. The van der Waals surface area contributed by atoms with Crippen LogP contribution in [0.3, 0.4) is 0 Å². The number of methoxy groups -OCH3 is 2. The van der Waals surface area contributed by atoms with E-state index in [0.29, 0.717) is 33.7 Å². The highest BCUT2D eigenvalue weighted by Gasteiger charge is 2.12. The molecule has 29 heavy (non-hydrogen) atoms. The first-order valence-corrected chi connectivity index (χ1v) is 9.66. The van der Waals surface area contributed by atoms with Gasteiger partial charge in [-0.3, -0.25) is 4.79 Å². The summed E-state index contributed by atoms with van der Waals surface area (Å²) in [5.74, 6) is 1.00. The number of hydrogen-bond acceptors (Lipinski definition) is 8. The normalized spacial score (nSPS) is 10.2. The Hall–Kier alpha value is -3.02. The number of nitrogens with zero attached hydrogens (tertiary/aromatic N) is 3. The topological polar surface area (TPSA) is 110 Å². The predicted molar refractivity (Wildman–Crippen MR) is 116 cm³/mol. The second-order valence-corrected chi connectivity index (χ2v) is 6.84. The van der Waals surface area contributed by atoms with Crippen molar-refractivity contribution in [2.75, 3.05) is 30.2 Å². The lowest BCUT2D eigenvalue weighted by atomic mass is 10.2. The Kier molecular flexibility index (Phi) is 6.75. The molecule has 0 radical (unpaired) electrons. The maximum Gasteiger partial charge on any atom is 0.278 e. The summed E-state index contributed by atoms with van der Waals surface area (Å²) >= 11 is 12.7. The number of benzene rings is 1. The van der Waals surface area contributed by atoms with Gasteiger partial charge in [0, 0.05) is 17.5 Å². The molecule has 12 heteroatoms. The number of amides is 1. The van der Waals surface area contributed by atoms with Gasteiger partial charge >= 0.3 is 0 Å². The van der Waals surface area contributed by atoms with Crippen molar-refractivity contribution in [2.45, 2.75) is 0 Å². The molecule has 0 spiro atoms. The molecule has 0 saturated carbocycles. The zero-order valence-corrected chi connectivity index (χ0v) is 17.6. The molecule has 3 N–H and O–H groups in total. The highest BCUT2D eigenvalue weighted by Crippen LogP contribution is 2.36. The molecule has 0 bridgehead atoms. The molecule has 2 heterocycles.